The molecule has 1 aliphatic rings. The van der Waals surface area contributed by atoms with Gasteiger partial charge in [-0.1, -0.05) is 30.7 Å². The Hall–Kier alpha value is -2.70. The number of nitrogens with zero attached hydrogens (tertiary/aromatic N) is 2. The third-order valence-electron chi connectivity index (χ3n) is 4.96. The topological polar surface area (TPSA) is 62.3 Å². The highest BCUT2D eigenvalue weighted by Gasteiger charge is 2.24. The monoisotopic (exact) mass is 425 g/mol. The summed E-state index contributed by atoms with van der Waals surface area (Å²) >= 11 is 7.41. The molecule has 0 fully saturated rings. The Kier molecular flexibility index (Phi) is 5.39. The van der Waals surface area contributed by atoms with Crippen molar-refractivity contribution in [3.05, 3.63) is 63.5 Å². The largest absolute Gasteiger partial charge is 0.312 e. The summed E-state index contributed by atoms with van der Waals surface area (Å²) in [5.41, 5.74) is 4.47. The molecule has 0 bridgehead atoms. The molecule has 3 aromatic rings. The van der Waals surface area contributed by atoms with Crippen molar-refractivity contribution >= 4 is 45.6 Å². The molecule has 0 unspecified atom stereocenters. The van der Waals surface area contributed by atoms with E-state index in [1.165, 1.54) is 11.3 Å². The van der Waals surface area contributed by atoms with Crippen molar-refractivity contribution in [2.45, 2.75) is 26.7 Å². The van der Waals surface area contributed by atoms with Gasteiger partial charge in [-0.05, 0) is 49.2 Å². The molecule has 1 aromatic heterocycles. The lowest BCUT2D eigenvalue weighted by Gasteiger charge is -2.16. The molecule has 0 saturated heterocycles. The third-order valence-corrected chi connectivity index (χ3v) is 6.08. The van der Waals surface area contributed by atoms with Gasteiger partial charge in [0.25, 0.3) is 5.91 Å². The van der Waals surface area contributed by atoms with E-state index in [9.17, 15) is 9.59 Å². The van der Waals surface area contributed by atoms with Gasteiger partial charge in [0, 0.05) is 39.7 Å². The van der Waals surface area contributed by atoms with Crippen LogP contribution in [0.25, 0.3) is 11.3 Å². The van der Waals surface area contributed by atoms with Crippen LogP contribution < -0.4 is 10.2 Å². The van der Waals surface area contributed by atoms with E-state index in [4.69, 9.17) is 11.6 Å². The number of carbonyl (C=O) groups excluding carboxylic acids is 2. The molecule has 4 rings (SSSR count). The van der Waals surface area contributed by atoms with Crippen molar-refractivity contribution in [1.82, 2.24) is 4.98 Å². The number of rotatable bonds is 4. The summed E-state index contributed by atoms with van der Waals surface area (Å²) in [5.74, 6) is -0.0946. The first kappa shape index (κ1) is 19.6. The zero-order chi connectivity index (χ0) is 20.5. The summed E-state index contributed by atoms with van der Waals surface area (Å²) in [5, 5.41) is 3.92. The minimum atomic E-state index is -0.240. The van der Waals surface area contributed by atoms with Gasteiger partial charge in [-0.2, -0.15) is 0 Å². The van der Waals surface area contributed by atoms with E-state index in [-0.39, 0.29) is 11.8 Å². The molecule has 0 spiro atoms. The molecule has 2 aromatic carbocycles. The minimum Gasteiger partial charge on any atom is -0.312 e. The van der Waals surface area contributed by atoms with Crippen molar-refractivity contribution in [2.75, 3.05) is 16.8 Å². The van der Waals surface area contributed by atoms with E-state index in [0.29, 0.717) is 22.1 Å². The first-order valence-corrected chi connectivity index (χ1v) is 10.6. The number of halogens is 1. The number of carbonyl (C=O) groups is 2. The summed E-state index contributed by atoms with van der Waals surface area (Å²) in [6.45, 7) is 4.59. The third kappa shape index (κ3) is 3.91. The predicted molar refractivity (Wildman–Crippen MR) is 118 cm³/mol. The second-order valence-corrected chi connectivity index (χ2v) is 8.52. The molecule has 7 heteroatoms. The smallest absolute Gasteiger partial charge is 0.257 e. The van der Waals surface area contributed by atoms with Gasteiger partial charge < -0.3 is 4.90 Å². The first-order chi connectivity index (χ1) is 14.0. The highest BCUT2D eigenvalue weighted by Crippen LogP contribution is 2.36. The van der Waals surface area contributed by atoms with Crippen LogP contribution in [0.1, 0.15) is 34.1 Å². The van der Waals surface area contributed by atoms with Crippen LogP contribution in [0.4, 0.5) is 10.8 Å². The van der Waals surface area contributed by atoms with E-state index in [1.807, 2.05) is 30.9 Å². The Morgan fingerprint density at radius 3 is 2.83 bits per heavy atom. The number of nitrogens with one attached hydrogen (secondary N) is 1. The van der Waals surface area contributed by atoms with Crippen molar-refractivity contribution in [3.63, 3.8) is 0 Å². The summed E-state index contributed by atoms with van der Waals surface area (Å²) < 4.78 is 0. The molecule has 1 aliphatic heterocycles. The normalized spacial score (nSPS) is 12.7. The van der Waals surface area contributed by atoms with Gasteiger partial charge in [0.15, 0.2) is 5.13 Å². The van der Waals surface area contributed by atoms with Crippen molar-refractivity contribution in [1.29, 1.82) is 0 Å². The van der Waals surface area contributed by atoms with Crippen molar-refractivity contribution in [3.8, 4) is 11.3 Å². The standard InChI is InChI=1S/C22H20ClN3O2S/c1-3-19(27)26-10-9-14-11-15(7-8-18(14)26)20-13(2)29-22(24-20)25-21(28)16-5-4-6-17(23)12-16/h4-8,11-12H,3,9-10H2,1-2H3,(H,24,25,28). The summed E-state index contributed by atoms with van der Waals surface area (Å²) in [6.07, 6.45) is 1.35. The molecule has 0 atom stereocenters. The molecule has 29 heavy (non-hydrogen) atoms. The summed E-state index contributed by atoms with van der Waals surface area (Å²) in [6, 6.07) is 12.9. The van der Waals surface area contributed by atoms with Crippen LogP contribution in [0.15, 0.2) is 42.5 Å². The minimum absolute atomic E-state index is 0.146. The molecule has 0 saturated carbocycles. The molecule has 1 N–H and O–H groups in total. The van der Waals surface area contributed by atoms with Crippen molar-refractivity contribution in [2.24, 2.45) is 0 Å². The Morgan fingerprint density at radius 2 is 2.07 bits per heavy atom. The Labute approximate surface area is 178 Å². The van der Waals surface area contributed by atoms with Gasteiger partial charge in [0.05, 0.1) is 5.69 Å². The lowest BCUT2D eigenvalue weighted by molar-refractivity contribution is -0.118. The molecule has 5 nitrogen and oxygen atoms in total. The van der Waals surface area contributed by atoms with Crippen LogP contribution in [-0.4, -0.2) is 23.3 Å². The van der Waals surface area contributed by atoms with Gasteiger partial charge >= 0.3 is 0 Å². The van der Waals surface area contributed by atoms with E-state index in [0.717, 1.165) is 40.4 Å². The van der Waals surface area contributed by atoms with Gasteiger partial charge in [-0.15, -0.1) is 11.3 Å². The SMILES string of the molecule is CCC(=O)N1CCc2cc(-c3nc(NC(=O)c4cccc(Cl)c4)sc3C)ccc21. The molecule has 2 heterocycles. The number of anilines is 2. The highest BCUT2D eigenvalue weighted by atomic mass is 35.5. The van der Waals surface area contributed by atoms with E-state index in [1.54, 1.807) is 24.3 Å². The number of thiazole rings is 1. The average molecular weight is 426 g/mol. The van der Waals surface area contributed by atoms with E-state index < -0.39 is 0 Å². The van der Waals surface area contributed by atoms with E-state index in [2.05, 4.69) is 16.4 Å². The number of amides is 2. The second kappa shape index (κ2) is 7.97. The van der Waals surface area contributed by atoms with E-state index >= 15 is 0 Å². The van der Waals surface area contributed by atoms with Gasteiger partial charge in [0.1, 0.15) is 0 Å². The Bertz CT molecular complexity index is 1110. The van der Waals surface area contributed by atoms with Crippen LogP contribution in [-0.2, 0) is 11.2 Å². The molecular formula is C22H20ClN3O2S. The predicted octanol–water partition coefficient (Wildman–Crippen LogP) is 5.32. The van der Waals surface area contributed by atoms with Gasteiger partial charge in [0.2, 0.25) is 5.91 Å². The second-order valence-electron chi connectivity index (χ2n) is 6.88. The maximum absolute atomic E-state index is 12.5. The number of aryl methyl sites for hydroxylation is 1. The quantitative estimate of drug-likeness (QED) is 0.615. The average Bonchev–Trinajstić information content (AvgIpc) is 3.30. The number of benzene rings is 2. The van der Waals surface area contributed by atoms with Crippen LogP contribution >= 0.6 is 22.9 Å². The van der Waals surface area contributed by atoms with Gasteiger partial charge in [-0.25, -0.2) is 4.98 Å². The van der Waals surface area contributed by atoms with Crippen LogP contribution in [0.2, 0.25) is 5.02 Å². The zero-order valence-electron chi connectivity index (χ0n) is 16.2. The fraction of sp³-hybridized carbons (Fsp3) is 0.227. The fourth-order valence-electron chi connectivity index (χ4n) is 3.52. The number of fused-ring (bicyclic) bond motifs is 1. The molecule has 0 radical (unpaired) electrons. The molecule has 0 aliphatic carbocycles. The lowest BCUT2D eigenvalue weighted by Crippen LogP contribution is -2.27. The molecule has 148 valence electrons. The van der Waals surface area contributed by atoms with Crippen LogP contribution in [0, 0.1) is 6.92 Å². The number of hydrogen-bond acceptors (Lipinski definition) is 4. The molecule has 2 amide bonds. The van der Waals surface area contributed by atoms with Gasteiger partial charge in [-0.3, -0.25) is 14.9 Å². The Morgan fingerprint density at radius 1 is 1.24 bits per heavy atom. The lowest BCUT2D eigenvalue weighted by atomic mass is 10.1. The van der Waals surface area contributed by atoms with Crippen LogP contribution in [0.5, 0.6) is 0 Å². The van der Waals surface area contributed by atoms with Crippen molar-refractivity contribution < 1.29 is 9.59 Å². The number of hydrogen-bond donors (Lipinski definition) is 1. The van der Waals surface area contributed by atoms with Crippen LogP contribution in [0.3, 0.4) is 0 Å². The highest BCUT2D eigenvalue weighted by molar-refractivity contribution is 7.16. The maximum Gasteiger partial charge on any atom is 0.257 e. The first-order valence-electron chi connectivity index (χ1n) is 9.44. The molecular weight excluding hydrogens is 406 g/mol. The zero-order valence-corrected chi connectivity index (χ0v) is 17.7. The summed E-state index contributed by atoms with van der Waals surface area (Å²) in [7, 11) is 0. The summed E-state index contributed by atoms with van der Waals surface area (Å²) in [4.78, 5) is 32.1. The maximum atomic E-state index is 12.5. The Balaban J connectivity index is 1.57. The number of aromatic nitrogens is 1. The fourth-order valence-corrected chi connectivity index (χ4v) is 4.54.